The molecule has 0 fully saturated rings. The maximum Gasteiger partial charge on any atom is 0.264 e. The number of nitrogens with one attached hydrogen (secondary N) is 1. The Morgan fingerprint density at radius 1 is 1.14 bits per heavy atom. The third kappa shape index (κ3) is 5.71. The van der Waals surface area contributed by atoms with Crippen molar-refractivity contribution in [3.63, 3.8) is 0 Å². The predicted molar refractivity (Wildman–Crippen MR) is 113 cm³/mol. The summed E-state index contributed by atoms with van der Waals surface area (Å²) in [5, 5.41) is 2.84. The van der Waals surface area contributed by atoms with Gasteiger partial charge >= 0.3 is 0 Å². The van der Waals surface area contributed by atoms with Gasteiger partial charge in [-0.15, -0.1) is 0 Å². The quantitative estimate of drug-likeness (QED) is 0.598. The highest BCUT2D eigenvalue weighted by Gasteiger charge is 2.23. The Bertz CT molecular complexity index is 927. The van der Waals surface area contributed by atoms with Gasteiger partial charge in [0.25, 0.3) is 15.9 Å². The number of ether oxygens (including phenoxy) is 2. The Labute approximate surface area is 172 Å². The summed E-state index contributed by atoms with van der Waals surface area (Å²) in [6.07, 6.45) is 0.736. The van der Waals surface area contributed by atoms with E-state index in [1.54, 1.807) is 37.3 Å². The molecule has 8 heteroatoms. The maximum atomic E-state index is 12.9. The molecule has 0 aliphatic carbocycles. The molecule has 0 saturated heterocycles. The monoisotopic (exact) mass is 420 g/mol. The number of carbonyl (C=O) groups is 1. The Hall–Kier alpha value is -2.58. The number of methoxy groups -OCH3 is 1. The number of sulfonamides is 1. The summed E-state index contributed by atoms with van der Waals surface area (Å²) in [6.45, 7) is 5.48. The summed E-state index contributed by atoms with van der Waals surface area (Å²) in [4.78, 5) is 12.5. The van der Waals surface area contributed by atoms with Crippen molar-refractivity contribution >= 4 is 21.6 Å². The van der Waals surface area contributed by atoms with Crippen molar-refractivity contribution in [2.24, 2.45) is 0 Å². The van der Waals surface area contributed by atoms with Crippen molar-refractivity contribution in [2.45, 2.75) is 25.2 Å². The zero-order chi connectivity index (χ0) is 21.4. The van der Waals surface area contributed by atoms with Crippen LogP contribution in [0.4, 0.5) is 5.69 Å². The molecule has 0 radical (unpaired) electrons. The number of nitrogens with zero attached hydrogens (tertiary/aromatic N) is 1. The van der Waals surface area contributed by atoms with Gasteiger partial charge in [0.2, 0.25) is 0 Å². The van der Waals surface area contributed by atoms with E-state index in [4.69, 9.17) is 9.47 Å². The number of anilines is 1. The van der Waals surface area contributed by atoms with E-state index in [9.17, 15) is 13.2 Å². The number of aryl methyl sites for hydroxylation is 1. The first-order chi connectivity index (χ1) is 13.8. The molecular formula is C21H28N2O5S. The molecular weight excluding hydrogens is 392 g/mol. The van der Waals surface area contributed by atoms with Crippen LogP contribution in [0.2, 0.25) is 0 Å². The second kappa shape index (κ2) is 10.3. The molecule has 7 nitrogen and oxygen atoms in total. The van der Waals surface area contributed by atoms with E-state index in [0.717, 1.165) is 6.42 Å². The molecule has 2 rings (SSSR count). The minimum absolute atomic E-state index is 0.163. The van der Waals surface area contributed by atoms with Gasteiger partial charge in [-0.05, 0) is 68.3 Å². The molecule has 158 valence electrons. The maximum absolute atomic E-state index is 12.9. The van der Waals surface area contributed by atoms with Crippen molar-refractivity contribution in [1.29, 1.82) is 0 Å². The molecule has 0 atom stereocenters. The van der Waals surface area contributed by atoms with Crippen LogP contribution in [0.1, 0.15) is 29.3 Å². The Kier molecular flexibility index (Phi) is 8.04. The SMILES string of the molecule is CCOCCCNC(=O)c1ccc(N(C)S(=O)(=O)c2ccc(OC)cc2)c(C)c1. The predicted octanol–water partition coefficient (Wildman–Crippen LogP) is 2.99. The lowest BCUT2D eigenvalue weighted by molar-refractivity contribution is 0.0944. The third-order valence-corrected chi connectivity index (χ3v) is 6.26. The van der Waals surface area contributed by atoms with Crippen LogP contribution in [-0.2, 0) is 14.8 Å². The first-order valence-electron chi connectivity index (χ1n) is 9.40. The number of amides is 1. The van der Waals surface area contributed by atoms with Crippen LogP contribution in [0.3, 0.4) is 0 Å². The average Bonchev–Trinajstić information content (AvgIpc) is 2.72. The number of benzene rings is 2. The molecule has 29 heavy (non-hydrogen) atoms. The second-order valence-electron chi connectivity index (χ2n) is 6.46. The second-order valence-corrected chi connectivity index (χ2v) is 8.42. The van der Waals surface area contributed by atoms with Crippen LogP contribution in [0.5, 0.6) is 5.75 Å². The molecule has 0 aliphatic rings. The summed E-state index contributed by atoms with van der Waals surface area (Å²) >= 11 is 0. The normalized spacial score (nSPS) is 11.2. The minimum Gasteiger partial charge on any atom is -0.497 e. The number of rotatable bonds is 10. The summed E-state index contributed by atoms with van der Waals surface area (Å²) < 4.78 is 37.4. The number of carbonyl (C=O) groups excluding carboxylic acids is 1. The van der Waals surface area contributed by atoms with E-state index < -0.39 is 10.0 Å². The lowest BCUT2D eigenvalue weighted by atomic mass is 10.1. The molecule has 0 heterocycles. The minimum atomic E-state index is -3.73. The van der Waals surface area contributed by atoms with Gasteiger partial charge in [-0.1, -0.05) is 0 Å². The van der Waals surface area contributed by atoms with Crippen molar-refractivity contribution in [2.75, 3.05) is 38.2 Å². The molecule has 2 aromatic carbocycles. The van der Waals surface area contributed by atoms with Gasteiger partial charge in [0.1, 0.15) is 5.75 Å². The largest absolute Gasteiger partial charge is 0.497 e. The first kappa shape index (κ1) is 22.7. The van der Waals surface area contributed by atoms with Gasteiger partial charge in [0.05, 0.1) is 17.7 Å². The molecule has 1 N–H and O–H groups in total. The van der Waals surface area contributed by atoms with E-state index in [0.29, 0.717) is 42.3 Å². The lowest BCUT2D eigenvalue weighted by Crippen LogP contribution is -2.28. The van der Waals surface area contributed by atoms with Gasteiger partial charge in [-0.2, -0.15) is 0 Å². The van der Waals surface area contributed by atoms with Crippen LogP contribution < -0.4 is 14.4 Å². The molecule has 0 bridgehead atoms. The van der Waals surface area contributed by atoms with Gasteiger partial charge in [-0.25, -0.2) is 8.42 Å². The molecule has 0 saturated carbocycles. The molecule has 0 unspecified atom stereocenters. The van der Waals surface area contributed by atoms with E-state index in [-0.39, 0.29) is 10.8 Å². The summed E-state index contributed by atoms with van der Waals surface area (Å²) in [6, 6.07) is 11.2. The average molecular weight is 421 g/mol. The van der Waals surface area contributed by atoms with Crippen LogP contribution in [0, 0.1) is 6.92 Å². The molecule has 1 amide bonds. The van der Waals surface area contributed by atoms with E-state index in [2.05, 4.69) is 5.32 Å². The van der Waals surface area contributed by atoms with Crippen molar-refractivity contribution in [3.05, 3.63) is 53.6 Å². The van der Waals surface area contributed by atoms with Crippen molar-refractivity contribution < 1.29 is 22.7 Å². The number of hydrogen-bond donors (Lipinski definition) is 1. The Balaban J connectivity index is 2.12. The van der Waals surface area contributed by atoms with Crippen molar-refractivity contribution in [3.8, 4) is 5.75 Å². The Morgan fingerprint density at radius 3 is 2.41 bits per heavy atom. The molecule has 0 spiro atoms. The first-order valence-corrected chi connectivity index (χ1v) is 10.8. The lowest BCUT2D eigenvalue weighted by Gasteiger charge is -2.22. The van der Waals surface area contributed by atoms with Crippen LogP contribution in [0.15, 0.2) is 47.4 Å². The van der Waals surface area contributed by atoms with E-state index in [1.165, 1.54) is 30.6 Å². The highest BCUT2D eigenvalue weighted by Crippen LogP contribution is 2.27. The fourth-order valence-electron chi connectivity index (χ4n) is 2.81. The van der Waals surface area contributed by atoms with E-state index in [1.807, 2.05) is 6.92 Å². The van der Waals surface area contributed by atoms with Crippen LogP contribution in [0.25, 0.3) is 0 Å². The zero-order valence-corrected chi connectivity index (χ0v) is 18.1. The topological polar surface area (TPSA) is 84.9 Å². The van der Waals surface area contributed by atoms with Gasteiger partial charge in [-0.3, -0.25) is 9.10 Å². The Morgan fingerprint density at radius 2 is 1.83 bits per heavy atom. The highest BCUT2D eigenvalue weighted by molar-refractivity contribution is 7.92. The van der Waals surface area contributed by atoms with Crippen molar-refractivity contribution in [1.82, 2.24) is 5.32 Å². The zero-order valence-electron chi connectivity index (χ0n) is 17.3. The van der Waals surface area contributed by atoms with Gasteiger partial charge in [0.15, 0.2) is 0 Å². The van der Waals surface area contributed by atoms with Gasteiger partial charge < -0.3 is 14.8 Å². The highest BCUT2D eigenvalue weighted by atomic mass is 32.2. The van der Waals surface area contributed by atoms with E-state index >= 15 is 0 Å². The summed E-state index contributed by atoms with van der Waals surface area (Å²) in [5.41, 5.74) is 1.68. The standard InChI is InChI=1S/C21H28N2O5S/c1-5-28-14-6-13-22-21(24)17-7-12-20(16(2)15-17)23(3)29(25,26)19-10-8-18(27-4)9-11-19/h7-12,15H,5-6,13-14H2,1-4H3,(H,22,24). The van der Waals surface area contributed by atoms with Crippen LogP contribution in [-0.4, -0.2) is 48.2 Å². The number of hydrogen-bond acceptors (Lipinski definition) is 5. The third-order valence-electron chi connectivity index (χ3n) is 4.47. The molecule has 0 aliphatic heterocycles. The van der Waals surface area contributed by atoms with Crippen LogP contribution >= 0.6 is 0 Å². The fraction of sp³-hybridized carbons (Fsp3) is 0.381. The smallest absolute Gasteiger partial charge is 0.264 e. The molecule has 2 aromatic rings. The summed E-state index contributed by atoms with van der Waals surface area (Å²) in [5.74, 6) is 0.385. The molecule has 0 aromatic heterocycles. The van der Waals surface area contributed by atoms with Gasteiger partial charge in [0, 0.05) is 32.4 Å². The summed E-state index contributed by atoms with van der Waals surface area (Å²) in [7, 11) is -0.713. The fourth-order valence-corrected chi connectivity index (χ4v) is 4.07.